The molecule has 3 rings (SSSR count). The van der Waals surface area contributed by atoms with Gasteiger partial charge in [-0.05, 0) is 19.8 Å². The molecule has 0 spiro atoms. The van der Waals surface area contributed by atoms with Crippen molar-refractivity contribution in [2.24, 2.45) is 0 Å². The summed E-state index contributed by atoms with van der Waals surface area (Å²) in [6, 6.07) is 1.77. The molecule has 6 nitrogen and oxygen atoms in total. The van der Waals surface area contributed by atoms with Crippen LogP contribution in [0.2, 0.25) is 0 Å². The van der Waals surface area contributed by atoms with Gasteiger partial charge in [-0.2, -0.15) is 0 Å². The third kappa shape index (κ3) is 2.78. The minimum Gasteiger partial charge on any atom is -0.361 e. The second-order valence-corrected chi connectivity index (χ2v) is 6.38. The predicted octanol–water partition coefficient (Wildman–Crippen LogP) is 3.63. The summed E-state index contributed by atoms with van der Waals surface area (Å²) in [4.78, 5) is 14.7. The molecular weight excluding hydrogens is 294 g/mol. The van der Waals surface area contributed by atoms with Crippen molar-refractivity contribution in [2.75, 3.05) is 6.54 Å². The Balaban J connectivity index is 1.88. The van der Waals surface area contributed by atoms with Crippen molar-refractivity contribution >= 4 is 5.91 Å². The molecule has 124 valence electrons. The Kier molecular flexibility index (Phi) is 4.24. The van der Waals surface area contributed by atoms with E-state index in [1.807, 2.05) is 32.6 Å². The van der Waals surface area contributed by atoms with E-state index in [1.54, 1.807) is 6.07 Å². The SMILES string of the molecule is CCc1onc(C)c1[C@H]1CCCN1C(=O)c1cc(C(C)C)on1. The van der Waals surface area contributed by atoms with E-state index < -0.39 is 0 Å². The molecule has 6 heteroatoms. The van der Waals surface area contributed by atoms with Crippen molar-refractivity contribution in [1.82, 2.24) is 15.2 Å². The van der Waals surface area contributed by atoms with E-state index in [0.717, 1.165) is 48.6 Å². The second kappa shape index (κ2) is 6.18. The first-order valence-electron chi connectivity index (χ1n) is 8.25. The minimum atomic E-state index is -0.0780. The van der Waals surface area contributed by atoms with Crippen LogP contribution in [0.25, 0.3) is 0 Å². The Morgan fingerprint density at radius 3 is 2.83 bits per heavy atom. The molecule has 0 N–H and O–H groups in total. The van der Waals surface area contributed by atoms with E-state index in [-0.39, 0.29) is 17.9 Å². The van der Waals surface area contributed by atoms with Crippen LogP contribution in [0.4, 0.5) is 0 Å². The lowest BCUT2D eigenvalue weighted by Crippen LogP contribution is -2.31. The number of amides is 1. The summed E-state index contributed by atoms with van der Waals surface area (Å²) in [5.41, 5.74) is 2.31. The van der Waals surface area contributed by atoms with Crippen LogP contribution in [-0.4, -0.2) is 27.7 Å². The summed E-state index contributed by atoms with van der Waals surface area (Å²) < 4.78 is 10.7. The van der Waals surface area contributed by atoms with Crippen LogP contribution in [0.5, 0.6) is 0 Å². The Bertz CT molecular complexity index is 702. The van der Waals surface area contributed by atoms with Gasteiger partial charge in [0.25, 0.3) is 5.91 Å². The highest BCUT2D eigenvalue weighted by Gasteiger charge is 2.35. The summed E-state index contributed by atoms with van der Waals surface area (Å²) in [6.07, 6.45) is 2.67. The molecule has 1 saturated heterocycles. The van der Waals surface area contributed by atoms with E-state index in [1.165, 1.54) is 0 Å². The zero-order valence-electron chi connectivity index (χ0n) is 14.1. The second-order valence-electron chi connectivity index (χ2n) is 6.38. The minimum absolute atomic E-state index is 0.0166. The molecule has 0 radical (unpaired) electrons. The van der Waals surface area contributed by atoms with Crippen molar-refractivity contribution in [3.8, 4) is 0 Å². The fraction of sp³-hybridized carbons (Fsp3) is 0.588. The smallest absolute Gasteiger partial charge is 0.276 e. The van der Waals surface area contributed by atoms with Gasteiger partial charge in [-0.3, -0.25) is 4.79 Å². The Hall–Kier alpha value is -2.11. The summed E-state index contributed by atoms with van der Waals surface area (Å²) in [5.74, 6) is 1.74. The number of likely N-dealkylation sites (tertiary alicyclic amines) is 1. The zero-order chi connectivity index (χ0) is 16.6. The van der Waals surface area contributed by atoms with E-state index >= 15 is 0 Å². The van der Waals surface area contributed by atoms with Crippen molar-refractivity contribution < 1.29 is 13.8 Å². The quantitative estimate of drug-likeness (QED) is 0.861. The van der Waals surface area contributed by atoms with Gasteiger partial charge in [0, 0.05) is 30.5 Å². The lowest BCUT2D eigenvalue weighted by atomic mass is 10.0. The number of rotatable bonds is 4. The van der Waals surface area contributed by atoms with E-state index in [2.05, 4.69) is 10.3 Å². The lowest BCUT2D eigenvalue weighted by Gasteiger charge is -2.24. The van der Waals surface area contributed by atoms with Crippen LogP contribution in [0, 0.1) is 6.92 Å². The van der Waals surface area contributed by atoms with Gasteiger partial charge < -0.3 is 13.9 Å². The predicted molar refractivity (Wildman–Crippen MR) is 84.2 cm³/mol. The van der Waals surface area contributed by atoms with Crippen LogP contribution in [0.15, 0.2) is 15.1 Å². The molecule has 1 atom stereocenters. The normalized spacial score (nSPS) is 18.1. The molecule has 2 aromatic heterocycles. The van der Waals surface area contributed by atoms with Crippen LogP contribution >= 0.6 is 0 Å². The number of aryl methyl sites for hydroxylation is 2. The number of hydrogen-bond acceptors (Lipinski definition) is 5. The van der Waals surface area contributed by atoms with Crippen molar-refractivity contribution in [3.05, 3.63) is 34.5 Å². The summed E-state index contributed by atoms with van der Waals surface area (Å²) in [7, 11) is 0. The highest BCUT2D eigenvalue weighted by atomic mass is 16.5. The maximum atomic E-state index is 12.9. The van der Waals surface area contributed by atoms with Gasteiger partial charge in [0.05, 0.1) is 11.7 Å². The first kappa shape index (κ1) is 15.8. The third-order valence-electron chi connectivity index (χ3n) is 4.47. The first-order valence-corrected chi connectivity index (χ1v) is 8.25. The molecule has 1 aliphatic rings. The summed E-state index contributed by atoms with van der Waals surface area (Å²) in [6.45, 7) is 8.73. The van der Waals surface area contributed by atoms with Gasteiger partial charge in [0.1, 0.15) is 11.5 Å². The van der Waals surface area contributed by atoms with Gasteiger partial charge >= 0.3 is 0 Å². The standard InChI is InChI=1S/C17H23N3O3/c1-5-14-16(11(4)18-22-14)13-7-6-8-20(13)17(21)12-9-15(10(2)3)23-19-12/h9-10,13H,5-8H2,1-4H3/t13-/m1/s1. The number of carbonyl (C=O) groups is 1. The molecular formula is C17H23N3O3. The molecule has 3 heterocycles. The third-order valence-corrected chi connectivity index (χ3v) is 4.47. The molecule has 0 aromatic carbocycles. The highest BCUT2D eigenvalue weighted by molar-refractivity contribution is 5.92. The molecule has 0 aliphatic carbocycles. The first-order chi connectivity index (χ1) is 11.0. The molecule has 1 aliphatic heterocycles. The van der Waals surface area contributed by atoms with Gasteiger partial charge in [-0.25, -0.2) is 0 Å². The number of aromatic nitrogens is 2. The van der Waals surface area contributed by atoms with Crippen LogP contribution < -0.4 is 0 Å². The Morgan fingerprint density at radius 2 is 2.17 bits per heavy atom. The molecule has 23 heavy (non-hydrogen) atoms. The summed E-state index contributed by atoms with van der Waals surface area (Å²) in [5, 5.41) is 8.04. The molecule has 0 unspecified atom stereocenters. The monoisotopic (exact) mass is 317 g/mol. The zero-order valence-corrected chi connectivity index (χ0v) is 14.1. The number of nitrogens with zero attached hydrogens (tertiary/aromatic N) is 3. The molecule has 1 fully saturated rings. The molecule has 2 aromatic rings. The van der Waals surface area contributed by atoms with Crippen molar-refractivity contribution in [2.45, 2.75) is 58.9 Å². The largest absolute Gasteiger partial charge is 0.361 e. The van der Waals surface area contributed by atoms with Gasteiger partial charge in [-0.15, -0.1) is 0 Å². The molecule has 0 bridgehead atoms. The molecule has 1 amide bonds. The topological polar surface area (TPSA) is 72.4 Å². The molecule has 0 saturated carbocycles. The van der Waals surface area contributed by atoms with E-state index in [9.17, 15) is 4.79 Å². The van der Waals surface area contributed by atoms with Gasteiger partial charge in [0.2, 0.25) is 0 Å². The lowest BCUT2D eigenvalue weighted by molar-refractivity contribution is 0.0723. The van der Waals surface area contributed by atoms with Gasteiger partial charge in [0.15, 0.2) is 5.69 Å². The Labute approximate surface area is 135 Å². The van der Waals surface area contributed by atoms with E-state index in [4.69, 9.17) is 9.05 Å². The van der Waals surface area contributed by atoms with Crippen LogP contribution in [0.3, 0.4) is 0 Å². The van der Waals surface area contributed by atoms with Crippen molar-refractivity contribution in [3.63, 3.8) is 0 Å². The average Bonchev–Trinajstić information content (AvgIpc) is 3.25. The highest BCUT2D eigenvalue weighted by Crippen LogP contribution is 2.37. The van der Waals surface area contributed by atoms with Crippen LogP contribution in [-0.2, 0) is 6.42 Å². The van der Waals surface area contributed by atoms with Gasteiger partial charge in [-0.1, -0.05) is 31.1 Å². The fourth-order valence-electron chi connectivity index (χ4n) is 3.22. The Morgan fingerprint density at radius 1 is 1.39 bits per heavy atom. The number of hydrogen-bond donors (Lipinski definition) is 0. The van der Waals surface area contributed by atoms with Crippen LogP contribution in [0.1, 0.15) is 78.8 Å². The van der Waals surface area contributed by atoms with E-state index in [0.29, 0.717) is 5.69 Å². The van der Waals surface area contributed by atoms with Crippen molar-refractivity contribution in [1.29, 1.82) is 0 Å². The maximum Gasteiger partial charge on any atom is 0.276 e. The number of carbonyl (C=O) groups excluding carboxylic acids is 1. The average molecular weight is 317 g/mol. The maximum absolute atomic E-state index is 12.9. The summed E-state index contributed by atoms with van der Waals surface area (Å²) >= 11 is 0. The fourth-order valence-corrected chi connectivity index (χ4v) is 3.22.